The molecule has 0 saturated heterocycles. The van der Waals surface area contributed by atoms with E-state index in [9.17, 15) is 9.59 Å². The number of hydrogen-bond acceptors (Lipinski definition) is 4. The van der Waals surface area contributed by atoms with E-state index in [1.54, 1.807) is 35.6 Å². The average molecular weight is 428 g/mol. The first-order valence-corrected chi connectivity index (χ1v) is 10.6. The van der Waals surface area contributed by atoms with Crippen LogP contribution in [0.2, 0.25) is 0 Å². The molecule has 0 bridgehead atoms. The molecule has 1 aromatic heterocycles. The monoisotopic (exact) mass is 427 g/mol. The lowest BCUT2D eigenvalue weighted by atomic mass is 10.1. The number of carbonyl (C=O) groups is 2. The van der Waals surface area contributed by atoms with Crippen LogP contribution in [-0.2, 0) is 4.79 Å². The molecule has 3 aromatic carbocycles. The van der Waals surface area contributed by atoms with Gasteiger partial charge in [-0.15, -0.1) is 11.3 Å². The third kappa shape index (κ3) is 4.87. The number of amides is 2. The van der Waals surface area contributed by atoms with Crippen molar-refractivity contribution in [3.8, 4) is 21.8 Å². The van der Waals surface area contributed by atoms with Crippen LogP contribution in [0.4, 0.5) is 11.4 Å². The summed E-state index contributed by atoms with van der Waals surface area (Å²) in [5.41, 5.74) is 4.80. The number of thiazole rings is 1. The summed E-state index contributed by atoms with van der Waals surface area (Å²) in [5, 5.41) is 6.57. The predicted octanol–water partition coefficient (Wildman–Crippen LogP) is 6.00. The first-order valence-electron chi connectivity index (χ1n) is 9.82. The number of nitrogens with one attached hydrogen (secondary N) is 2. The molecule has 0 aliphatic heterocycles. The maximum absolute atomic E-state index is 12.6. The minimum atomic E-state index is -0.240. The molecule has 4 aromatic rings. The van der Waals surface area contributed by atoms with Gasteiger partial charge in [-0.2, -0.15) is 0 Å². The second-order valence-corrected chi connectivity index (χ2v) is 8.29. The molecule has 4 rings (SSSR count). The van der Waals surface area contributed by atoms with Crippen molar-refractivity contribution in [2.24, 2.45) is 0 Å². The molecule has 0 radical (unpaired) electrons. The Bertz CT molecular complexity index is 1230. The smallest absolute Gasteiger partial charge is 0.255 e. The van der Waals surface area contributed by atoms with Crippen LogP contribution in [0.5, 0.6) is 0 Å². The van der Waals surface area contributed by atoms with Crippen LogP contribution in [0.15, 0.2) is 78.9 Å². The molecule has 5 nitrogen and oxygen atoms in total. The first-order chi connectivity index (χ1) is 15.0. The lowest BCUT2D eigenvalue weighted by Crippen LogP contribution is -2.13. The highest BCUT2D eigenvalue weighted by atomic mass is 32.1. The van der Waals surface area contributed by atoms with Gasteiger partial charge in [0.25, 0.3) is 5.91 Å². The third-order valence-corrected chi connectivity index (χ3v) is 5.70. The molecular formula is C25H21N3O2S. The third-order valence-electron chi connectivity index (χ3n) is 4.68. The van der Waals surface area contributed by atoms with E-state index in [0.717, 1.165) is 26.7 Å². The van der Waals surface area contributed by atoms with Crippen LogP contribution in [-0.4, -0.2) is 16.8 Å². The van der Waals surface area contributed by atoms with Crippen molar-refractivity contribution in [3.05, 3.63) is 89.3 Å². The second kappa shape index (κ2) is 8.93. The lowest BCUT2D eigenvalue weighted by Gasteiger charge is -2.08. The summed E-state index contributed by atoms with van der Waals surface area (Å²) in [7, 11) is 0. The molecule has 0 fully saturated rings. The van der Waals surface area contributed by atoms with Crippen molar-refractivity contribution in [1.29, 1.82) is 0 Å². The molecule has 6 heteroatoms. The zero-order valence-electron chi connectivity index (χ0n) is 17.2. The van der Waals surface area contributed by atoms with Gasteiger partial charge in [0.1, 0.15) is 5.01 Å². The summed E-state index contributed by atoms with van der Waals surface area (Å²) in [5.74, 6) is -0.419. The maximum atomic E-state index is 12.6. The number of benzene rings is 3. The molecule has 1 heterocycles. The molecule has 2 N–H and O–H groups in total. The number of rotatable bonds is 5. The van der Waals surface area contributed by atoms with Crippen LogP contribution in [0.3, 0.4) is 0 Å². The van der Waals surface area contributed by atoms with Crippen molar-refractivity contribution >= 4 is 34.5 Å². The Balaban J connectivity index is 1.50. The number of hydrogen-bond donors (Lipinski definition) is 2. The fourth-order valence-corrected chi connectivity index (χ4v) is 4.17. The van der Waals surface area contributed by atoms with Crippen molar-refractivity contribution in [2.45, 2.75) is 13.8 Å². The van der Waals surface area contributed by atoms with Gasteiger partial charge in [0.15, 0.2) is 0 Å². The second-order valence-electron chi connectivity index (χ2n) is 7.08. The zero-order chi connectivity index (χ0) is 21.8. The number of nitrogens with zero attached hydrogens (tertiary/aromatic N) is 1. The molecule has 0 unspecified atom stereocenters. The van der Waals surface area contributed by atoms with Crippen molar-refractivity contribution in [2.75, 3.05) is 10.6 Å². The predicted molar refractivity (Wildman–Crippen MR) is 126 cm³/mol. The van der Waals surface area contributed by atoms with Gasteiger partial charge in [-0.25, -0.2) is 4.98 Å². The summed E-state index contributed by atoms with van der Waals surface area (Å²) in [6.45, 7) is 3.50. The highest BCUT2D eigenvalue weighted by Gasteiger charge is 2.12. The Hall–Kier alpha value is -3.77. The van der Waals surface area contributed by atoms with Gasteiger partial charge < -0.3 is 10.6 Å². The van der Waals surface area contributed by atoms with Crippen molar-refractivity contribution in [3.63, 3.8) is 0 Å². The number of anilines is 2. The quantitative estimate of drug-likeness (QED) is 0.411. The highest BCUT2D eigenvalue weighted by Crippen LogP contribution is 2.33. The van der Waals surface area contributed by atoms with Crippen LogP contribution < -0.4 is 10.6 Å². The van der Waals surface area contributed by atoms with Crippen molar-refractivity contribution in [1.82, 2.24) is 4.98 Å². The van der Waals surface area contributed by atoms with Crippen LogP contribution in [0.25, 0.3) is 21.8 Å². The van der Waals surface area contributed by atoms with E-state index >= 15 is 0 Å². The maximum Gasteiger partial charge on any atom is 0.255 e. The summed E-state index contributed by atoms with van der Waals surface area (Å²) in [6, 6.07) is 24.6. The SMILES string of the molecule is CC(=O)Nc1cccc(C(=O)Nc2ccc(-c3nc(-c4ccccc4)sc3C)cc2)c1. The van der Waals surface area contributed by atoms with Gasteiger partial charge in [0, 0.05) is 39.9 Å². The van der Waals surface area contributed by atoms with Gasteiger partial charge in [0.05, 0.1) is 5.69 Å². The Kier molecular flexibility index (Phi) is 5.91. The number of aromatic nitrogens is 1. The summed E-state index contributed by atoms with van der Waals surface area (Å²) in [6.07, 6.45) is 0. The molecule has 0 aliphatic carbocycles. The fraction of sp³-hybridized carbons (Fsp3) is 0.0800. The molecule has 0 saturated carbocycles. The molecule has 0 spiro atoms. The van der Waals surface area contributed by atoms with Gasteiger partial charge in [-0.05, 0) is 37.3 Å². The van der Waals surface area contributed by atoms with Crippen LogP contribution in [0, 0.1) is 6.92 Å². The Labute approximate surface area is 184 Å². The largest absolute Gasteiger partial charge is 0.326 e. The molecular weight excluding hydrogens is 406 g/mol. The first kappa shape index (κ1) is 20.5. The van der Waals surface area contributed by atoms with Crippen LogP contribution >= 0.6 is 11.3 Å². The fourth-order valence-electron chi connectivity index (χ4n) is 3.22. The van der Waals surface area contributed by atoms with Crippen LogP contribution in [0.1, 0.15) is 22.2 Å². The summed E-state index contributed by atoms with van der Waals surface area (Å²) in [4.78, 5) is 29.8. The van der Waals surface area contributed by atoms with Gasteiger partial charge in [-0.1, -0.05) is 48.5 Å². The number of aryl methyl sites for hydroxylation is 1. The molecule has 2 amide bonds. The van der Waals surface area contributed by atoms with Gasteiger partial charge >= 0.3 is 0 Å². The normalized spacial score (nSPS) is 10.5. The van der Waals surface area contributed by atoms with Gasteiger partial charge in [-0.3, -0.25) is 9.59 Å². The summed E-state index contributed by atoms with van der Waals surface area (Å²) < 4.78 is 0. The van der Waals surface area contributed by atoms with E-state index < -0.39 is 0 Å². The molecule has 154 valence electrons. The van der Waals surface area contributed by atoms with Gasteiger partial charge in [0.2, 0.25) is 5.91 Å². The Morgan fingerprint density at radius 1 is 0.806 bits per heavy atom. The molecule has 0 aliphatic rings. The molecule has 0 atom stereocenters. The minimum absolute atomic E-state index is 0.180. The molecule has 31 heavy (non-hydrogen) atoms. The number of carbonyl (C=O) groups excluding carboxylic acids is 2. The van der Waals surface area contributed by atoms with E-state index in [4.69, 9.17) is 4.98 Å². The standard InChI is InChI=1S/C25H21N3O2S/c1-16-23(28-25(31-16)19-7-4-3-5-8-19)18-11-13-21(14-12-18)27-24(30)20-9-6-10-22(15-20)26-17(2)29/h3-15H,1-2H3,(H,26,29)(H,27,30). The van der Waals surface area contributed by atoms with E-state index in [1.165, 1.54) is 6.92 Å². The Morgan fingerprint density at radius 3 is 2.26 bits per heavy atom. The van der Waals surface area contributed by atoms with E-state index in [2.05, 4.69) is 29.7 Å². The van der Waals surface area contributed by atoms with E-state index in [1.807, 2.05) is 42.5 Å². The van der Waals surface area contributed by atoms with Crippen molar-refractivity contribution < 1.29 is 9.59 Å². The average Bonchev–Trinajstić information content (AvgIpc) is 3.16. The topological polar surface area (TPSA) is 71.1 Å². The summed E-state index contributed by atoms with van der Waals surface area (Å²) >= 11 is 1.67. The van der Waals surface area contributed by atoms with E-state index in [0.29, 0.717) is 16.9 Å². The highest BCUT2D eigenvalue weighted by molar-refractivity contribution is 7.15. The Morgan fingerprint density at radius 2 is 1.55 bits per heavy atom. The lowest BCUT2D eigenvalue weighted by molar-refractivity contribution is -0.114. The zero-order valence-corrected chi connectivity index (χ0v) is 18.0. The van der Waals surface area contributed by atoms with E-state index in [-0.39, 0.29) is 11.8 Å². The minimum Gasteiger partial charge on any atom is -0.326 e.